The van der Waals surface area contributed by atoms with E-state index in [4.69, 9.17) is 9.47 Å². The van der Waals surface area contributed by atoms with Crippen molar-refractivity contribution in [2.45, 2.75) is 43.6 Å². The number of rotatable bonds is 4. The molecular weight excluding hydrogens is 406 g/mol. The minimum Gasteiger partial charge on any atom is -0.486 e. The van der Waals surface area contributed by atoms with Crippen molar-refractivity contribution in [2.24, 2.45) is 0 Å². The van der Waals surface area contributed by atoms with E-state index in [1.807, 2.05) is 17.0 Å². The summed E-state index contributed by atoms with van der Waals surface area (Å²) in [7, 11) is -1.28. The molecule has 2 aliphatic rings. The van der Waals surface area contributed by atoms with Gasteiger partial charge in [-0.05, 0) is 37.5 Å². The van der Waals surface area contributed by atoms with Crippen LogP contribution in [0.25, 0.3) is 0 Å². The molecule has 3 rings (SSSR count). The van der Waals surface area contributed by atoms with Crippen LogP contribution in [0.2, 0.25) is 0 Å². The molecule has 25 heavy (non-hydrogen) atoms. The second-order valence-corrected chi connectivity index (χ2v) is 9.11. The average Bonchev–Trinajstić information content (AvgIpc) is 2.90. The van der Waals surface area contributed by atoms with Crippen molar-refractivity contribution in [3.63, 3.8) is 0 Å². The maximum absolute atomic E-state index is 12.8. The summed E-state index contributed by atoms with van der Waals surface area (Å²) in [5.41, 5.74) is 0.873. The molecule has 0 radical (unpaired) electrons. The van der Waals surface area contributed by atoms with Crippen molar-refractivity contribution in [1.29, 1.82) is 0 Å². The average molecular weight is 430 g/mol. The summed E-state index contributed by atoms with van der Waals surface area (Å²) < 4.78 is 24.8. The van der Waals surface area contributed by atoms with Crippen LogP contribution in [0.5, 0.6) is 11.5 Å². The van der Waals surface area contributed by atoms with Gasteiger partial charge in [0.2, 0.25) is 5.91 Å². The number of fused-ring (bicyclic) bond motifs is 1. The van der Waals surface area contributed by atoms with Gasteiger partial charge in [0.15, 0.2) is 11.5 Å². The van der Waals surface area contributed by atoms with E-state index in [1.54, 1.807) is 6.92 Å². The predicted octanol–water partition coefficient (Wildman–Crippen LogP) is 3.26. The third-order valence-electron chi connectivity index (χ3n) is 4.67. The van der Waals surface area contributed by atoms with Gasteiger partial charge < -0.3 is 14.4 Å². The second kappa shape index (κ2) is 8.54. The van der Waals surface area contributed by atoms with Crippen molar-refractivity contribution < 1.29 is 18.5 Å². The lowest BCUT2D eigenvalue weighted by Crippen LogP contribution is -2.40. The number of amides is 1. The van der Waals surface area contributed by atoms with Crippen molar-refractivity contribution in [3.8, 4) is 11.5 Å². The molecule has 0 N–H and O–H groups in total. The Balaban J connectivity index is 1.67. The van der Waals surface area contributed by atoms with Crippen LogP contribution in [-0.4, -0.2) is 46.6 Å². The number of ether oxygens (including phenoxy) is 2. The molecule has 2 heterocycles. The molecular formula is C18H24BrNO4S. The van der Waals surface area contributed by atoms with Crippen LogP contribution in [0.15, 0.2) is 16.6 Å². The van der Waals surface area contributed by atoms with Crippen LogP contribution >= 0.6 is 15.9 Å². The van der Waals surface area contributed by atoms with Crippen LogP contribution in [0.3, 0.4) is 0 Å². The Morgan fingerprint density at radius 2 is 1.76 bits per heavy atom. The highest BCUT2D eigenvalue weighted by Gasteiger charge is 2.27. The fourth-order valence-corrected chi connectivity index (χ4v) is 4.97. The standard InChI is InChI=1S/C18H24BrNO4S/c1-13(18(21)20-6-4-2-3-5-7-20)25(22)12-14-10-16-17(11-15(14)19)24-9-8-23-16/h10-11,13H,2-9,12H2,1H3/t13-,25+/m0/s1. The van der Waals surface area contributed by atoms with E-state index in [0.29, 0.717) is 30.5 Å². The molecule has 0 unspecified atom stereocenters. The molecule has 1 amide bonds. The van der Waals surface area contributed by atoms with Crippen molar-refractivity contribution in [2.75, 3.05) is 26.3 Å². The third kappa shape index (κ3) is 4.56. The Bertz CT molecular complexity index is 659. The van der Waals surface area contributed by atoms with E-state index < -0.39 is 16.0 Å². The zero-order valence-electron chi connectivity index (χ0n) is 14.5. The number of hydrogen-bond acceptors (Lipinski definition) is 4. The number of likely N-dealkylation sites (tertiary alicyclic amines) is 1. The third-order valence-corrected chi connectivity index (χ3v) is 6.99. The van der Waals surface area contributed by atoms with Crippen molar-refractivity contribution in [3.05, 3.63) is 22.2 Å². The maximum atomic E-state index is 12.8. The zero-order chi connectivity index (χ0) is 17.8. The number of carbonyl (C=O) groups excluding carboxylic acids is 1. The molecule has 2 aliphatic heterocycles. The fraction of sp³-hybridized carbons (Fsp3) is 0.611. The Hall–Kier alpha value is -1.08. The monoisotopic (exact) mass is 429 g/mol. The van der Waals surface area contributed by atoms with Crippen LogP contribution in [0.4, 0.5) is 0 Å². The molecule has 1 fully saturated rings. The minimum atomic E-state index is -1.28. The van der Waals surface area contributed by atoms with Gasteiger partial charge >= 0.3 is 0 Å². The Kier molecular flexibility index (Phi) is 6.39. The van der Waals surface area contributed by atoms with Gasteiger partial charge in [-0.3, -0.25) is 9.00 Å². The minimum absolute atomic E-state index is 0.00824. The number of benzene rings is 1. The van der Waals surface area contributed by atoms with Crippen LogP contribution in [0, 0.1) is 0 Å². The van der Waals surface area contributed by atoms with Gasteiger partial charge in [0.05, 0.1) is 5.75 Å². The molecule has 1 aromatic rings. The van der Waals surface area contributed by atoms with Crippen LogP contribution in [0.1, 0.15) is 38.2 Å². The maximum Gasteiger partial charge on any atom is 0.238 e. The summed E-state index contributed by atoms with van der Waals surface area (Å²) in [5, 5.41) is -0.502. The first-order valence-corrected chi connectivity index (χ1v) is 11.0. The molecule has 0 aliphatic carbocycles. The molecule has 0 spiro atoms. The van der Waals surface area contributed by atoms with Crippen LogP contribution < -0.4 is 9.47 Å². The van der Waals surface area contributed by atoms with E-state index >= 15 is 0 Å². The summed E-state index contributed by atoms with van der Waals surface area (Å²) in [6.07, 6.45) is 4.42. The highest BCUT2D eigenvalue weighted by atomic mass is 79.9. The molecule has 5 nitrogen and oxygen atoms in total. The number of halogens is 1. The Morgan fingerprint density at radius 1 is 1.16 bits per heavy atom. The first-order valence-electron chi connectivity index (χ1n) is 8.80. The van der Waals surface area contributed by atoms with Crippen LogP contribution in [-0.2, 0) is 21.3 Å². The van der Waals surface area contributed by atoms with E-state index in [1.165, 1.54) is 12.8 Å². The quantitative estimate of drug-likeness (QED) is 0.736. The van der Waals surface area contributed by atoms with Gasteiger partial charge in [-0.25, -0.2) is 0 Å². The molecule has 0 aromatic heterocycles. The lowest BCUT2D eigenvalue weighted by atomic mass is 10.2. The Labute approximate surface area is 159 Å². The summed E-state index contributed by atoms with van der Waals surface area (Å²) in [6.45, 7) is 4.39. The number of nitrogens with zero attached hydrogens (tertiary/aromatic N) is 1. The molecule has 1 aromatic carbocycles. The summed E-state index contributed by atoms with van der Waals surface area (Å²) in [4.78, 5) is 14.6. The largest absolute Gasteiger partial charge is 0.486 e. The lowest BCUT2D eigenvalue weighted by molar-refractivity contribution is -0.130. The van der Waals surface area contributed by atoms with Gasteiger partial charge in [-0.2, -0.15) is 0 Å². The summed E-state index contributed by atoms with van der Waals surface area (Å²) >= 11 is 3.51. The van der Waals surface area contributed by atoms with E-state index in [-0.39, 0.29) is 5.91 Å². The van der Waals surface area contributed by atoms with Gasteiger partial charge in [0.1, 0.15) is 18.5 Å². The molecule has 138 valence electrons. The molecule has 0 bridgehead atoms. The molecule has 1 saturated heterocycles. The van der Waals surface area contributed by atoms with E-state index in [2.05, 4.69) is 15.9 Å². The lowest BCUT2D eigenvalue weighted by Gasteiger charge is -2.24. The molecule has 7 heteroatoms. The van der Waals surface area contributed by atoms with Gasteiger partial charge in [0.25, 0.3) is 0 Å². The molecule has 0 saturated carbocycles. The number of carbonyl (C=O) groups is 1. The zero-order valence-corrected chi connectivity index (χ0v) is 16.9. The normalized spacial score (nSPS) is 19.8. The number of hydrogen-bond donors (Lipinski definition) is 0. The van der Waals surface area contributed by atoms with Gasteiger partial charge in [-0.15, -0.1) is 0 Å². The molecule has 2 atom stereocenters. The van der Waals surface area contributed by atoms with Gasteiger partial charge in [0, 0.05) is 28.4 Å². The van der Waals surface area contributed by atoms with Gasteiger partial charge in [-0.1, -0.05) is 28.8 Å². The first-order chi connectivity index (χ1) is 12.1. The highest BCUT2D eigenvalue weighted by molar-refractivity contribution is 9.10. The predicted molar refractivity (Wildman–Crippen MR) is 101 cm³/mol. The van der Waals surface area contributed by atoms with Crippen molar-refractivity contribution in [1.82, 2.24) is 4.90 Å². The SMILES string of the molecule is C[C@@H](C(=O)N1CCCCCC1)[S@](=O)Cc1cc2c(cc1Br)OCCO2. The van der Waals surface area contributed by atoms with E-state index in [9.17, 15) is 9.00 Å². The van der Waals surface area contributed by atoms with E-state index in [0.717, 1.165) is 36.0 Å². The Morgan fingerprint density at radius 3 is 2.40 bits per heavy atom. The smallest absolute Gasteiger partial charge is 0.238 e. The summed E-state index contributed by atoms with van der Waals surface area (Å²) in [5.74, 6) is 1.70. The topological polar surface area (TPSA) is 55.8 Å². The summed E-state index contributed by atoms with van der Waals surface area (Å²) in [6, 6.07) is 3.71. The highest BCUT2D eigenvalue weighted by Crippen LogP contribution is 2.36. The fourth-order valence-electron chi connectivity index (χ4n) is 3.16. The second-order valence-electron chi connectivity index (χ2n) is 6.49. The van der Waals surface area contributed by atoms with Crippen molar-refractivity contribution >= 4 is 32.6 Å². The first kappa shape index (κ1) is 18.7.